The summed E-state index contributed by atoms with van der Waals surface area (Å²) in [5.74, 6) is 0.648. The molecule has 0 atom stereocenters. The van der Waals surface area contributed by atoms with Gasteiger partial charge in [0.15, 0.2) is 0 Å². The lowest BCUT2D eigenvalue weighted by atomic mass is 10.1. The van der Waals surface area contributed by atoms with E-state index >= 15 is 0 Å². The minimum Gasteiger partial charge on any atom is -0.398 e. The van der Waals surface area contributed by atoms with Crippen LogP contribution in [0.3, 0.4) is 0 Å². The van der Waals surface area contributed by atoms with E-state index in [0.29, 0.717) is 11.9 Å². The molecule has 3 aromatic rings. The largest absolute Gasteiger partial charge is 0.398 e. The Morgan fingerprint density at radius 3 is 2.75 bits per heavy atom. The highest BCUT2D eigenvalue weighted by Gasteiger charge is 2.11. The SMILES string of the molecule is CCn1c(Cc2ccccc2N)nc2cc(F)ccc21. The molecule has 3 nitrogen and oxygen atoms in total. The van der Waals surface area contributed by atoms with Crippen LogP contribution in [0.1, 0.15) is 18.3 Å². The number of imidazole rings is 1. The van der Waals surface area contributed by atoms with Crippen molar-refractivity contribution in [2.75, 3.05) is 5.73 Å². The Hall–Kier alpha value is -2.36. The Balaban J connectivity index is 2.09. The second-order valence-corrected chi connectivity index (χ2v) is 4.78. The highest BCUT2D eigenvalue weighted by Crippen LogP contribution is 2.21. The summed E-state index contributed by atoms with van der Waals surface area (Å²) in [5, 5.41) is 0. The number of para-hydroxylation sites is 1. The molecule has 0 aliphatic heterocycles. The van der Waals surface area contributed by atoms with Crippen molar-refractivity contribution < 1.29 is 4.39 Å². The maximum Gasteiger partial charge on any atom is 0.125 e. The first kappa shape index (κ1) is 12.7. The van der Waals surface area contributed by atoms with Crippen molar-refractivity contribution in [3.63, 3.8) is 0 Å². The average molecular weight is 269 g/mol. The fourth-order valence-electron chi connectivity index (χ4n) is 2.51. The fourth-order valence-corrected chi connectivity index (χ4v) is 2.51. The standard InChI is InChI=1S/C16H16FN3/c1-2-20-15-8-7-12(17)10-14(15)19-16(20)9-11-5-3-4-6-13(11)18/h3-8,10H,2,9,18H2,1H3. The molecule has 20 heavy (non-hydrogen) atoms. The minimum atomic E-state index is -0.260. The summed E-state index contributed by atoms with van der Waals surface area (Å²) >= 11 is 0. The van der Waals surface area contributed by atoms with Crippen LogP contribution >= 0.6 is 0 Å². The lowest BCUT2D eigenvalue weighted by Gasteiger charge is -2.08. The number of hydrogen-bond acceptors (Lipinski definition) is 2. The molecule has 4 heteroatoms. The van der Waals surface area contributed by atoms with Gasteiger partial charge in [-0.3, -0.25) is 0 Å². The van der Waals surface area contributed by atoms with Gasteiger partial charge in [-0.25, -0.2) is 9.37 Å². The number of rotatable bonds is 3. The van der Waals surface area contributed by atoms with Crippen LogP contribution in [0.5, 0.6) is 0 Å². The van der Waals surface area contributed by atoms with Crippen LogP contribution in [0.15, 0.2) is 42.5 Å². The predicted molar refractivity (Wildman–Crippen MR) is 79.0 cm³/mol. The number of nitrogen functional groups attached to an aromatic ring is 1. The van der Waals surface area contributed by atoms with Gasteiger partial charge in [0.05, 0.1) is 11.0 Å². The summed E-state index contributed by atoms with van der Waals surface area (Å²) in [5.41, 5.74) is 9.43. The Bertz CT molecular complexity index is 762. The van der Waals surface area contributed by atoms with Crippen LogP contribution in [0, 0.1) is 5.82 Å². The molecule has 0 radical (unpaired) electrons. The highest BCUT2D eigenvalue weighted by molar-refractivity contribution is 5.76. The second kappa shape index (κ2) is 4.96. The molecule has 0 aliphatic rings. The highest BCUT2D eigenvalue weighted by atomic mass is 19.1. The van der Waals surface area contributed by atoms with E-state index in [-0.39, 0.29) is 5.82 Å². The van der Waals surface area contributed by atoms with Gasteiger partial charge >= 0.3 is 0 Å². The van der Waals surface area contributed by atoms with Crippen molar-refractivity contribution in [2.24, 2.45) is 0 Å². The van der Waals surface area contributed by atoms with Gasteiger partial charge in [0, 0.05) is 24.7 Å². The van der Waals surface area contributed by atoms with Gasteiger partial charge in [0.2, 0.25) is 0 Å². The minimum absolute atomic E-state index is 0.260. The molecule has 2 N–H and O–H groups in total. The second-order valence-electron chi connectivity index (χ2n) is 4.78. The summed E-state index contributed by atoms with van der Waals surface area (Å²) in [4.78, 5) is 4.55. The molecular formula is C16H16FN3. The molecule has 2 aromatic carbocycles. The van der Waals surface area contributed by atoms with Crippen molar-refractivity contribution in [3.05, 3.63) is 59.7 Å². The van der Waals surface area contributed by atoms with Gasteiger partial charge < -0.3 is 10.3 Å². The number of aromatic nitrogens is 2. The van der Waals surface area contributed by atoms with Gasteiger partial charge in [-0.1, -0.05) is 18.2 Å². The first-order valence-corrected chi connectivity index (χ1v) is 6.67. The van der Waals surface area contributed by atoms with Crippen LogP contribution < -0.4 is 5.73 Å². The monoisotopic (exact) mass is 269 g/mol. The molecule has 0 spiro atoms. The van der Waals surface area contributed by atoms with Crippen molar-refractivity contribution in [1.29, 1.82) is 0 Å². The van der Waals surface area contributed by atoms with Gasteiger partial charge in [-0.05, 0) is 30.7 Å². The molecule has 0 saturated heterocycles. The average Bonchev–Trinajstić information content (AvgIpc) is 2.77. The van der Waals surface area contributed by atoms with Crippen LogP contribution in [0.2, 0.25) is 0 Å². The summed E-state index contributed by atoms with van der Waals surface area (Å²) in [6, 6.07) is 12.5. The number of nitrogens with two attached hydrogens (primary N) is 1. The summed E-state index contributed by atoms with van der Waals surface area (Å²) in [7, 11) is 0. The van der Waals surface area contributed by atoms with E-state index in [1.54, 1.807) is 6.07 Å². The van der Waals surface area contributed by atoms with E-state index < -0.39 is 0 Å². The number of benzene rings is 2. The van der Waals surface area contributed by atoms with Crippen LogP contribution in [0.4, 0.5) is 10.1 Å². The molecule has 0 aliphatic carbocycles. The zero-order valence-corrected chi connectivity index (χ0v) is 11.3. The molecule has 1 heterocycles. The number of anilines is 1. The number of fused-ring (bicyclic) bond motifs is 1. The summed E-state index contributed by atoms with van der Waals surface area (Å²) in [6.07, 6.45) is 0.650. The first-order valence-electron chi connectivity index (χ1n) is 6.67. The van der Waals surface area contributed by atoms with E-state index in [4.69, 9.17) is 5.73 Å². The number of nitrogens with zero attached hydrogens (tertiary/aromatic N) is 2. The van der Waals surface area contributed by atoms with Crippen LogP contribution in [-0.4, -0.2) is 9.55 Å². The third kappa shape index (κ3) is 2.13. The Kier molecular flexibility index (Phi) is 3.14. The molecule has 0 unspecified atom stereocenters. The number of halogens is 1. The molecule has 1 aromatic heterocycles. The van der Waals surface area contributed by atoms with Gasteiger partial charge in [-0.15, -0.1) is 0 Å². The Labute approximate surface area is 116 Å². The van der Waals surface area contributed by atoms with E-state index in [2.05, 4.69) is 16.5 Å². The number of aryl methyl sites for hydroxylation is 1. The molecule has 0 bridgehead atoms. The van der Waals surface area contributed by atoms with Crippen molar-refractivity contribution in [3.8, 4) is 0 Å². The topological polar surface area (TPSA) is 43.8 Å². The molecule has 3 rings (SSSR count). The maximum absolute atomic E-state index is 13.3. The van der Waals surface area contributed by atoms with E-state index in [0.717, 1.165) is 29.1 Å². The lowest BCUT2D eigenvalue weighted by Crippen LogP contribution is -2.04. The van der Waals surface area contributed by atoms with E-state index in [9.17, 15) is 4.39 Å². The zero-order valence-electron chi connectivity index (χ0n) is 11.3. The first-order chi connectivity index (χ1) is 9.69. The van der Waals surface area contributed by atoms with Crippen molar-refractivity contribution in [1.82, 2.24) is 9.55 Å². The van der Waals surface area contributed by atoms with E-state index in [1.165, 1.54) is 12.1 Å². The smallest absolute Gasteiger partial charge is 0.125 e. The summed E-state index contributed by atoms with van der Waals surface area (Å²) < 4.78 is 15.4. The fraction of sp³-hybridized carbons (Fsp3) is 0.188. The van der Waals surface area contributed by atoms with Crippen LogP contribution in [0.25, 0.3) is 11.0 Å². The van der Waals surface area contributed by atoms with Gasteiger partial charge in [-0.2, -0.15) is 0 Å². The quantitative estimate of drug-likeness (QED) is 0.741. The molecule has 0 amide bonds. The molecule has 0 fully saturated rings. The van der Waals surface area contributed by atoms with Gasteiger partial charge in [0.1, 0.15) is 11.6 Å². The lowest BCUT2D eigenvalue weighted by molar-refractivity contribution is 0.629. The zero-order chi connectivity index (χ0) is 14.1. The number of hydrogen-bond donors (Lipinski definition) is 1. The third-order valence-corrected chi connectivity index (χ3v) is 3.51. The van der Waals surface area contributed by atoms with E-state index in [1.807, 2.05) is 24.3 Å². The Morgan fingerprint density at radius 2 is 2.00 bits per heavy atom. The third-order valence-electron chi connectivity index (χ3n) is 3.51. The predicted octanol–water partition coefficient (Wildman–Crippen LogP) is 3.37. The maximum atomic E-state index is 13.3. The summed E-state index contributed by atoms with van der Waals surface area (Å²) in [6.45, 7) is 2.85. The van der Waals surface area contributed by atoms with Crippen LogP contribution in [-0.2, 0) is 13.0 Å². The molecule has 102 valence electrons. The van der Waals surface area contributed by atoms with Crippen molar-refractivity contribution in [2.45, 2.75) is 19.9 Å². The van der Waals surface area contributed by atoms with Crippen molar-refractivity contribution >= 4 is 16.7 Å². The Morgan fingerprint density at radius 1 is 1.20 bits per heavy atom. The van der Waals surface area contributed by atoms with Gasteiger partial charge in [0.25, 0.3) is 0 Å². The molecule has 0 saturated carbocycles. The molecular weight excluding hydrogens is 253 g/mol. The normalized spacial score (nSPS) is 11.1.